The maximum atomic E-state index is 12.6. The molecule has 2 aromatic rings. The van der Waals surface area contributed by atoms with Crippen molar-refractivity contribution in [3.8, 4) is 11.5 Å². The van der Waals surface area contributed by atoms with E-state index in [0.29, 0.717) is 65.4 Å². The van der Waals surface area contributed by atoms with Crippen molar-refractivity contribution in [3.05, 3.63) is 49.8 Å². The Morgan fingerprint density at radius 2 is 1.81 bits per heavy atom. The van der Waals surface area contributed by atoms with Crippen LogP contribution in [0.1, 0.15) is 39.3 Å². The van der Waals surface area contributed by atoms with Gasteiger partial charge < -0.3 is 19.8 Å². The Hall–Kier alpha value is -2.61. The summed E-state index contributed by atoms with van der Waals surface area (Å²) in [6, 6.07) is 4.72. The van der Waals surface area contributed by atoms with Crippen LogP contribution in [0.5, 0.6) is 11.5 Å². The summed E-state index contributed by atoms with van der Waals surface area (Å²) in [6.45, 7) is 0.887. The minimum absolute atomic E-state index is 0.0583. The monoisotopic (exact) mass is 418 g/mol. The number of amides is 1. The molecule has 0 radical (unpaired) electrons. The Balaban J connectivity index is 1.66. The fourth-order valence-corrected chi connectivity index (χ4v) is 3.51. The summed E-state index contributed by atoms with van der Waals surface area (Å²) in [5.74, 6) is 0.449. The topological polar surface area (TPSA) is 97.5 Å². The van der Waals surface area contributed by atoms with E-state index in [4.69, 9.17) is 9.47 Å². The van der Waals surface area contributed by atoms with Crippen LogP contribution in [0, 0.1) is 0 Å². The number of aryl methyl sites for hydroxylation is 1. The number of aromatic nitrogens is 1. The summed E-state index contributed by atoms with van der Waals surface area (Å²) in [5.41, 5.74) is 0.860. The first kappa shape index (κ1) is 16.8. The van der Waals surface area contributed by atoms with E-state index < -0.39 is 11.5 Å². The molecule has 2 aliphatic rings. The molecule has 0 saturated heterocycles. The van der Waals surface area contributed by atoms with Crippen LogP contribution < -0.4 is 20.3 Å². The molecule has 1 aliphatic heterocycles. The maximum Gasteiger partial charge on any atom is 0.261 e. The number of fused-ring (bicyclic) bond motifs is 2. The number of Topliss-reactive ketones (excluding diaryl/α,β-unsaturated/α-hetero) is 1. The second-order valence-electron chi connectivity index (χ2n) is 6.11. The van der Waals surface area contributed by atoms with Crippen LogP contribution in [0.3, 0.4) is 0 Å². The molecule has 26 heavy (non-hydrogen) atoms. The van der Waals surface area contributed by atoms with Gasteiger partial charge in [-0.2, -0.15) is 0 Å². The third-order valence-electron chi connectivity index (χ3n) is 4.38. The van der Waals surface area contributed by atoms with Crippen LogP contribution in [-0.4, -0.2) is 29.9 Å². The number of rotatable bonds is 2. The van der Waals surface area contributed by atoms with E-state index in [1.54, 1.807) is 12.1 Å². The van der Waals surface area contributed by atoms with E-state index in [2.05, 4.69) is 26.2 Å². The lowest BCUT2D eigenvalue weighted by Gasteiger charge is -2.20. The van der Waals surface area contributed by atoms with E-state index >= 15 is 0 Å². The highest BCUT2D eigenvalue weighted by atomic mass is 79.9. The van der Waals surface area contributed by atoms with Crippen molar-refractivity contribution in [2.45, 2.75) is 19.3 Å². The quantitative estimate of drug-likeness (QED) is 0.780. The first-order valence-electron chi connectivity index (χ1n) is 8.23. The number of halogens is 1. The van der Waals surface area contributed by atoms with Gasteiger partial charge >= 0.3 is 0 Å². The minimum atomic E-state index is -0.593. The Labute approximate surface area is 156 Å². The van der Waals surface area contributed by atoms with E-state index in [1.807, 2.05) is 0 Å². The summed E-state index contributed by atoms with van der Waals surface area (Å²) in [4.78, 5) is 39.6. The number of hydrogen-bond donors (Lipinski definition) is 2. The Bertz CT molecular complexity index is 982. The molecule has 7 nitrogen and oxygen atoms in total. The average molecular weight is 419 g/mol. The number of H-pyrrole nitrogens is 1. The summed E-state index contributed by atoms with van der Waals surface area (Å²) in [6.07, 6.45) is 1.76. The minimum Gasteiger partial charge on any atom is -0.486 e. The maximum absolute atomic E-state index is 12.6. The molecule has 1 aromatic carbocycles. The van der Waals surface area contributed by atoms with Gasteiger partial charge in [-0.05, 0) is 34.8 Å². The van der Waals surface area contributed by atoms with Crippen LogP contribution in [0.25, 0.3) is 0 Å². The van der Waals surface area contributed by atoms with Gasteiger partial charge in [-0.15, -0.1) is 0 Å². The molecule has 134 valence electrons. The number of ether oxygens (including phenoxy) is 2. The lowest BCUT2D eigenvalue weighted by molar-refractivity contribution is 0.0971. The van der Waals surface area contributed by atoms with E-state index in [1.165, 1.54) is 6.07 Å². The van der Waals surface area contributed by atoms with Crippen molar-refractivity contribution in [1.82, 2.24) is 4.98 Å². The zero-order valence-corrected chi connectivity index (χ0v) is 15.3. The summed E-state index contributed by atoms with van der Waals surface area (Å²) in [7, 11) is 0. The van der Waals surface area contributed by atoms with Crippen LogP contribution in [-0.2, 0) is 6.42 Å². The lowest BCUT2D eigenvalue weighted by atomic mass is 9.93. The number of pyridine rings is 1. The fraction of sp³-hybridized carbons (Fsp3) is 0.278. The molecule has 0 atom stereocenters. The van der Waals surface area contributed by atoms with E-state index in [0.717, 1.165) is 0 Å². The van der Waals surface area contributed by atoms with Crippen LogP contribution >= 0.6 is 15.9 Å². The van der Waals surface area contributed by atoms with E-state index in [-0.39, 0.29) is 11.3 Å². The molecular formula is C18H15BrN2O5. The summed E-state index contributed by atoms with van der Waals surface area (Å²) >= 11 is 3.37. The van der Waals surface area contributed by atoms with Gasteiger partial charge in [0.25, 0.3) is 11.5 Å². The lowest BCUT2D eigenvalue weighted by Crippen LogP contribution is -2.27. The first-order chi connectivity index (χ1) is 12.5. The molecule has 0 bridgehead atoms. The van der Waals surface area contributed by atoms with Crippen molar-refractivity contribution < 1.29 is 19.1 Å². The number of nitrogens with one attached hydrogen (secondary N) is 2. The van der Waals surface area contributed by atoms with Gasteiger partial charge in [0, 0.05) is 34.3 Å². The van der Waals surface area contributed by atoms with Gasteiger partial charge in [-0.3, -0.25) is 14.4 Å². The van der Waals surface area contributed by atoms with Gasteiger partial charge in [-0.25, -0.2) is 0 Å². The highest BCUT2D eigenvalue weighted by Crippen LogP contribution is 2.38. The SMILES string of the molecule is O=C1CCCc2[nH]c(=O)c(C(=O)Nc3cc4c(cc3Br)OCCO4)cc21. The number of benzene rings is 1. The third kappa shape index (κ3) is 3.01. The molecule has 0 unspecified atom stereocenters. The van der Waals surface area contributed by atoms with Crippen LogP contribution in [0.4, 0.5) is 5.69 Å². The van der Waals surface area contributed by atoms with Crippen molar-refractivity contribution in [2.24, 2.45) is 0 Å². The predicted octanol–water partition coefficient (Wildman–Crippen LogP) is 2.68. The molecule has 2 N–H and O–H groups in total. The average Bonchev–Trinajstić information content (AvgIpc) is 2.62. The molecule has 1 aliphatic carbocycles. The van der Waals surface area contributed by atoms with Gasteiger partial charge in [0.2, 0.25) is 0 Å². The highest BCUT2D eigenvalue weighted by molar-refractivity contribution is 9.10. The molecule has 1 amide bonds. The number of aromatic amines is 1. The third-order valence-corrected chi connectivity index (χ3v) is 5.03. The Kier molecular flexibility index (Phi) is 4.28. The van der Waals surface area contributed by atoms with Crippen LogP contribution in [0.2, 0.25) is 0 Å². The molecule has 0 saturated carbocycles. The van der Waals surface area contributed by atoms with Gasteiger partial charge in [0.1, 0.15) is 18.8 Å². The van der Waals surface area contributed by atoms with Crippen LogP contribution in [0.15, 0.2) is 27.5 Å². The number of carbonyl (C=O) groups excluding carboxylic acids is 2. The molecule has 0 fully saturated rings. The van der Waals surface area contributed by atoms with Crippen molar-refractivity contribution in [3.63, 3.8) is 0 Å². The second kappa shape index (κ2) is 6.60. The number of anilines is 1. The summed E-state index contributed by atoms with van der Waals surface area (Å²) in [5, 5.41) is 2.69. The highest BCUT2D eigenvalue weighted by Gasteiger charge is 2.23. The normalized spacial score (nSPS) is 15.3. The summed E-state index contributed by atoms with van der Waals surface area (Å²) < 4.78 is 11.6. The molecule has 2 heterocycles. The Morgan fingerprint density at radius 1 is 1.08 bits per heavy atom. The standard InChI is InChI=1S/C18H15BrN2O5/c19-11-7-15-16(26-5-4-25-15)8-13(11)21-18(24)10-6-9-12(20-17(10)23)2-1-3-14(9)22/h6-8H,1-5H2,(H,20,23)(H,21,24). The number of hydrogen-bond acceptors (Lipinski definition) is 5. The number of carbonyl (C=O) groups is 2. The van der Waals surface area contributed by atoms with Gasteiger partial charge in [0.05, 0.1) is 5.69 Å². The fourth-order valence-electron chi connectivity index (χ4n) is 3.09. The second-order valence-corrected chi connectivity index (χ2v) is 6.97. The zero-order chi connectivity index (χ0) is 18.3. The van der Waals surface area contributed by atoms with Gasteiger partial charge in [0.15, 0.2) is 17.3 Å². The van der Waals surface area contributed by atoms with E-state index in [9.17, 15) is 14.4 Å². The number of ketones is 1. The smallest absolute Gasteiger partial charge is 0.261 e. The molecule has 8 heteroatoms. The van der Waals surface area contributed by atoms with Crippen molar-refractivity contribution in [1.29, 1.82) is 0 Å². The predicted molar refractivity (Wildman–Crippen MR) is 97.4 cm³/mol. The van der Waals surface area contributed by atoms with Crippen molar-refractivity contribution >= 4 is 33.3 Å². The Morgan fingerprint density at radius 3 is 2.58 bits per heavy atom. The van der Waals surface area contributed by atoms with Gasteiger partial charge in [-0.1, -0.05) is 0 Å². The molecular weight excluding hydrogens is 404 g/mol. The molecule has 1 aromatic heterocycles. The molecule has 0 spiro atoms. The molecule has 4 rings (SSSR count). The largest absolute Gasteiger partial charge is 0.486 e. The van der Waals surface area contributed by atoms with Crippen molar-refractivity contribution in [2.75, 3.05) is 18.5 Å². The first-order valence-corrected chi connectivity index (χ1v) is 9.02. The zero-order valence-electron chi connectivity index (χ0n) is 13.7.